The summed E-state index contributed by atoms with van der Waals surface area (Å²) in [6.45, 7) is -8.72. The van der Waals surface area contributed by atoms with Gasteiger partial charge >= 0.3 is 0 Å². The van der Waals surface area contributed by atoms with Gasteiger partial charge in [-0.1, -0.05) is 48.5 Å². The van der Waals surface area contributed by atoms with Crippen LogP contribution in [-0.2, 0) is 40.1 Å². The van der Waals surface area contributed by atoms with E-state index in [2.05, 4.69) is 9.97 Å². The lowest BCUT2D eigenvalue weighted by molar-refractivity contribution is 0.217. The molecule has 0 radical (unpaired) electrons. The zero-order valence-corrected chi connectivity index (χ0v) is 45.5. The van der Waals surface area contributed by atoms with E-state index in [1.54, 1.807) is 0 Å². The van der Waals surface area contributed by atoms with Crippen molar-refractivity contribution >= 4 is 84.2 Å². The topological polar surface area (TPSA) is 420 Å². The molecule has 80 heavy (non-hydrogen) atoms. The Morgan fingerprint density at radius 2 is 0.588 bits per heavy atom. The number of benzene rings is 4. The van der Waals surface area contributed by atoms with Crippen molar-refractivity contribution in [3.8, 4) is 45.6 Å². The van der Waals surface area contributed by atoms with Crippen LogP contribution >= 0.6 is 0 Å². The Hall–Kier alpha value is -6.44. The van der Waals surface area contributed by atoms with Gasteiger partial charge in [-0.05, 0) is 24.3 Å². The molecule has 0 atom stereocenters. The van der Waals surface area contributed by atoms with Crippen LogP contribution in [0.5, 0.6) is 0 Å². The first kappa shape index (κ1) is 58.2. The SMILES string of the molecule is O=S(=O)(c1cccc2c1-c1nc-2nc2[nH]c(nc3nc(nc4[nH]c(n1)c1cccc(S(=O)(=O)N(CCO)CCO)c41)-c1cccc(S(=O)(=O)N(CCO)CCO)c1-3)c1cccc(S(=O)(=O)N(CCO)CCO)c21)N(CCO)CCO. The highest BCUT2D eigenvalue weighted by Gasteiger charge is 2.36. The zero-order valence-electron chi connectivity index (χ0n) is 42.2. The van der Waals surface area contributed by atoms with Crippen molar-refractivity contribution in [1.82, 2.24) is 57.1 Å². The summed E-state index contributed by atoms with van der Waals surface area (Å²) in [6.07, 6.45) is 0. The van der Waals surface area contributed by atoms with E-state index in [1.165, 1.54) is 72.8 Å². The quantitative estimate of drug-likeness (QED) is 0.0339. The number of aromatic amines is 2. The van der Waals surface area contributed by atoms with Gasteiger partial charge in [0.2, 0.25) is 40.1 Å². The number of aliphatic hydroxyl groups excluding tert-OH is 8. The predicted octanol–water partition coefficient (Wildman–Crippen LogP) is -1.23. The first-order valence-electron chi connectivity index (χ1n) is 24.6. The van der Waals surface area contributed by atoms with Crippen molar-refractivity contribution in [3.05, 3.63) is 72.8 Å². The van der Waals surface area contributed by atoms with E-state index in [-0.39, 0.29) is 89.7 Å². The van der Waals surface area contributed by atoms with Crippen LogP contribution in [0.2, 0.25) is 0 Å². The third-order valence-corrected chi connectivity index (χ3v) is 20.8. The van der Waals surface area contributed by atoms with Gasteiger partial charge in [0, 0.05) is 85.0 Å². The first-order valence-corrected chi connectivity index (χ1v) is 30.4. The Morgan fingerprint density at radius 3 is 0.887 bits per heavy atom. The van der Waals surface area contributed by atoms with Crippen LogP contribution in [0.1, 0.15) is 0 Å². The molecule has 2 aliphatic rings. The molecule has 28 nitrogen and oxygen atoms in total. The van der Waals surface area contributed by atoms with Crippen molar-refractivity contribution in [2.75, 3.05) is 105 Å². The van der Waals surface area contributed by atoms with E-state index in [0.29, 0.717) is 0 Å². The second-order valence-corrected chi connectivity index (χ2v) is 25.4. The molecule has 7 aromatic rings. The highest BCUT2D eigenvalue weighted by atomic mass is 32.2. The molecule has 0 fully saturated rings. The molecule has 9 rings (SSSR count). The van der Waals surface area contributed by atoms with Crippen LogP contribution in [0.3, 0.4) is 0 Å². The van der Waals surface area contributed by atoms with Crippen LogP contribution in [-0.4, -0.2) is 237 Å². The molecule has 32 heteroatoms. The summed E-state index contributed by atoms with van der Waals surface area (Å²) in [4.78, 5) is 33.3. The lowest BCUT2D eigenvalue weighted by Gasteiger charge is -2.21. The molecule has 0 spiro atoms. The van der Waals surface area contributed by atoms with Gasteiger partial charge in [0.05, 0.1) is 83.6 Å². The molecule has 10 N–H and O–H groups in total. The minimum absolute atomic E-state index is 0.00313. The summed E-state index contributed by atoms with van der Waals surface area (Å²) in [7, 11) is -18.7. The Kier molecular flexibility index (Phi) is 17.2. The van der Waals surface area contributed by atoms with Crippen molar-refractivity contribution in [3.63, 3.8) is 0 Å². The van der Waals surface area contributed by atoms with Gasteiger partial charge in [-0.15, -0.1) is 0 Å². The molecule has 0 amide bonds. The summed E-state index contributed by atoms with van der Waals surface area (Å²) in [6, 6.07) is 16.2. The number of nitrogens with one attached hydrogen (secondary N) is 2. The van der Waals surface area contributed by atoms with Gasteiger partial charge in [-0.2, -0.15) is 17.2 Å². The summed E-state index contributed by atoms with van der Waals surface area (Å²) in [5.74, 6) is -1.29. The van der Waals surface area contributed by atoms with E-state index >= 15 is 0 Å². The summed E-state index contributed by atoms with van der Waals surface area (Å²) < 4.78 is 121. The number of nitrogens with zero attached hydrogens (tertiary/aromatic N) is 10. The molecular formula is C48H54N12O16S4. The fraction of sp³-hybridized carbons (Fsp3) is 0.333. The van der Waals surface area contributed by atoms with E-state index in [9.17, 15) is 74.5 Å². The first-order chi connectivity index (χ1) is 38.4. The number of fused-ring (bicyclic) bond motifs is 20. The monoisotopic (exact) mass is 1180 g/mol. The number of rotatable bonds is 24. The van der Waals surface area contributed by atoms with Gasteiger partial charge in [-0.25, -0.2) is 63.6 Å². The van der Waals surface area contributed by atoms with Gasteiger partial charge < -0.3 is 50.8 Å². The number of hydrogen-bond donors (Lipinski definition) is 10. The Balaban J connectivity index is 1.52. The second kappa shape index (κ2) is 23.6. The standard InChI is InChI=1S/C48H54N12O16S4/c61-21-13-57(14-22-62)77(69,70)33-9-1-5-29-37(33)45-49-41(29)53-46-38-30(6-2-10-34(38)78(71,72)58(15-23-63)16-24-64)43(50-46)55-48-40-32(8-4-12-36(40)80(75,76)60(19-27-67)20-28-68)44(52-48)56-47-39-31(42(51-47)54-45)7-3-11-35(39)79(73,74)59(17-25-65)18-26-66/h1-12,61-68H,13-28H2,(H2,49,50,51,52,53,54,55,56). The molecule has 2 aliphatic heterocycles. The maximum Gasteiger partial charge on any atom is 0.243 e. The van der Waals surface area contributed by atoms with Crippen molar-refractivity contribution in [1.29, 1.82) is 0 Å². The lowest BCUT2D eigenvalue weighted by atomic mass is 10.1. The molecule has 3 aromatic heterocycles. The fourth-order valence-electron chi connectivity index (χ4n) is 9.58. The van der Waals surface area contributed by atoms with E-state index in [1.807, 2.05) is 0 Å². The highest BCUT2D eigenvalue weighted by Crippen LogP contribution is 2.43. The van der Waals surface area contributed by atoms with Gasteiger partial charge in [0.25, 0.3) is 0 Å². The zero-order chi connectivity index (χ0) is 57.3. The third-order valence-electron chi connectivity index (χ3n) is 13.1. The average Bonchev–Trinajstić information content (AvgIpc) is 4.39. The number of aromatic nitrogens is 8. The van der Waals surface area contributed by atoms with Crippen LogP contribution < -0.4 is 0 Å². The van der Waals surface area contributed by atoms with Crippen LogP contribution in [0, 0.1) is 0 Å². The average molecular weight is 1180 g/mol. The van der Waals surface area contributed by atoms with Crippen LogP contribution in [0.25, 0.3) is 89.7 Å². The molecular weight excluding hydrogens is 1130 g/mol. The van der Waals surface area contributed by atoms with E-state index in [4.69, 9.17) is 29.9 Å². The normalized spacial score (nSPS) is 13.2. The molecule has 0 saturated heterocycles. The maximum atomic E-state index is 14.7. The number of sulfonamides is 4. The number of aliphatic hydroxyl groups is 8. The minimum Gasteiger partial charge on any atom is -0.395 e. The Bertz CT molecular complexity index is 3880. The summed E-state index contributed by atoms with van der Waals surface area (Å²) >= 11 is 0. The van der Waals surface area contributed by atoms with E-state index < -0.39 is 165 Å². The second-order valence-electron chi connectivity index (χ2n) is 17.7. The number of H-pyrrole nitrogens is 2. The van der Waals surface area contributed by atoms with Crippen molar-refractivity contribution in [2.45, 2.75) is 19.6 Å². The Morgan fingerprint density at radius 1 is 0.325 bits per heavy atom. The Labute approximate surface area is 456 Å². The minimum atomic E-state index is -4.67. The van der Waals surface area contributed by atoms with Gasteiger partial charge in [-0.3, -0.25) is 0 Å². The fourth-order valence-corrected chi connectivity index (χ4v) is 16.1. The van der Waals surface area contributed by atoms with Crippen molar-refractivity contribution in [2.24, 2.45) is 0 Å². The van der Waals surface area contributed by atoms with Crippen LogP contribution in [0.15, 0.2) is 92.4 Å². The molecule has 0 saturated carbocycles. The molecule has 5 heterocycles. The molecule has 426 valence electrons. The lowest BCUT2D eigenvalue weighted by Crippen LogP contribution is -2.36. The van der Waals surface area contributed by atoms with Gasteiger partial charge in [0.15, 0.2) is 23.3 Å². The summed E-state index contributed by atoms with van der Waals surface area (Å²) in [5.41, 5.74) is -1.30. The van der Waals surface area contributed by atoms with E-state index in [0.717, 1.165) is 17.2 Å². The molecule has 0 unspecified atom stereocenters. The van der Waals surface area contributed by atoms with Gasteiger partial charge in [0.1, 0.15) is 22.6 Å². The largest absolute Gasteiger partial charge is 0.395 e. The molecule has 4 aromatic carbocycles. The van der Waals surface area contributed by atoms with Crippen molar-refractivity contribution < 1.29 is 74.5 Å². The smallest absolute Gasteiger partial charge is 0.243 e. The molecule has 0 aliphatic carbocycles. The molecule has 8 bridgehead atoms. The number of hydrogen-bond acceptors (Lipinski definition) is 22. The predicted molar refractivity (Wildman–Crippen MR) is 288 cm³/mol. The van der Waals surface area contributed by atoms with Crippen LogP contribution in [0.4, 0.5) is 0 Å². The third kappa shape index (κ3) is 10.3. The highest BCUT2D eigenvalue weighted by molar-refractivity contribution is 7.90. The summed E-state index contributed by atoms with van der Waals surface area (Å²) in [5, 5.41) is 79.4. The maximum absolute atomic E-state index is 14.7.